The van der Waals surface area contributed by atoms with E-state index in [4.69, 9.17) is 10.8 Å². The van der Waals surface area contributed by atoms with Crippen molar-refractivity contribution >= 4 is 29.7 Å². The number of aromatic nitrogens is 4. The molecular formula is C18H24N8O7. The lowest BCUT2D eigenvalue weighted by Gasteiger charge is -2.21. The fraction of sp³-hybridized carbons (Fsp3) is 0.389. The van der Waals surface area contributed by atoms with E-state index in [1.54, 1.807) is 0 Å². The van der Waals surface area contributed by atoms with Crippen LogP contribution in [0.2, 0.25) is 0 Å². The van der Waals surface area contributed by atoms with Gasteiger partial charge in [-0.2, -0.15) is 0 Å². The van der Waals surface area contributed by atoms with E-state index in [1.165, 1.54) is 25.0 Å². The largest absolute Gasteiger partial charge is 0.481 e. The summed E-state index contributed by atoms with van der Waals surface area (Å²) in [7, 11) is 0. The molecule has 2 heterocycles. The van der Waals surface area contributed by atoms with E-state index in [1.807, 2.05) is 0 Å². The molecule has 0 aliphatic carbocycles. The third kappa shape index (κ3) is 8.41. The minimum absolute atomic E-state index is 0.0412. The van der Waals surface area contributed by atoms with Crippen molar-refractivity contribution < 1.29 is 34.2 Å². The molecule has 3 unspecified atom stereocenters. The lowest BCUT2D eigenvalue weighted by atomic mass is 10.1. The summed E-state index contributed by atoms with van der Waals surface area (Å²) < 4.78 is 0. The number of amides is 3. The van der Waals surface area contributed by atoms with Crippen molar-refractivity contribution in [2.45, 2.75) is 37.4 Å². The highest BCUT2D eigenvalue weighted by Crippen LogP contribution is 2.03. The maximum Gasteiger partial charge on any atom is 0.326 e. The van der Waals surface area contributed by atoms with Gasteiger partial charge in [0.25, 0.3) is 0 Å². The first kappa shape index (κ1) is 25.0. The van der Waals surface area contributed by atoms with E-state index in [0.29, 0.717) is 11.4 Å². The molecule has 2 aromatic rings. The van der Waals surface area contributed by atoms with Crippen LogP contribution in [0.1, 0.15) is 17.8 Å². The van der Waals surface area contributed by atoms with E-state index < -0.39 is 60.8 Å². The van der Waals surface area contributed by atoms with Crippen LogP contribution in [0.25, 0.3) is 0 Å². The Kier molecular flexibility index (Phi) is 9.05. The van der Waals surface area contributed by atoms with Crippen LogP contribution >= 0.6 is 0 Å². The van der Waals surface area contributed by atoms with Crippen LogP contribution < -0.4 is 21.7 Å². The Balaban J connectivity index is 2.01. The van der Waals surface area contributed by atoms with Crippen molar-refractivity contribution in [2.75, 3.05) is 6.54 Å². The zero-order valence-electron chi connectivity index (χ0n) is 17.3. The van der Waals surface area contributed by atoms with E-state index in [2.05, 4.69) is 35.9 Å². The number of nitrogens with zero attached hydrogens (tertiary/aromatic N) is 2. The van der Waals surface area contributed by atoms with Gasteiger partial charge in [-0.05, 0) is 0 Å². The molecule has 0 saturated heterocycles. The minimum Gasteiger partial charge on any atom is -0.481 e. The summed E-state index contributed by atoms with van der Waals surface area (Å²) in [5.41, 5.74) is 6.39. The number of aromatic amines is 2. The Morgan fingerprint density at radius 1 is 0.909 bits per heavy atom. The van der Waals surface area contributed by atoms with Gasteiger partial charge in [0.1, 0.15) is 12.1 Å². The van der Waals surface area contributed by atoms with Crippen LogP contribution in [0.4, 0.5) is 0 Å². The number of aliphatic carboxylic acids is 2. The van der Waals surface area contributed by atoms with Gasteiger partial charge in [0.2, 0.25) is 17.7 Å². The molecule has 2 aromatic heterocycles. The lowest BCUT2D eigenvalue weighted by Crippen LogP contribution is -2.55. The summed E-state index contributed by atoms with van der Waals surface area (Å²) in [5, 5.41) is 25.1. The topological polar surface area (TPSA) is 245 Å². The van der Waals surface area contributed by atoms with Crippen molar-refractivity contribution in [2.24, 2.45) is 5.73 Å². The van der Waals surface area contributed by atoms with E-state index >= 15 is 0 Å². The normalized spacial score (nSPS) is 13.4. The molecule has 33 heavy (non-hydrogen) atoms. The lowest BCUT2D eigenvalue weighted by molar-refractivity contribution is -0.142. The van der Waals surface area contributed by atoms with Gasteiger partial charge >= 0.3 is 11.9 Å². The van der Waals surface area contributed by atoms with Gasteiger partial charge < -0.3 is 41.9 Å². The van der Waals surface area contributed by atoms with Gasteiger partial charge in [0.05, 0.1) is 31.7 Å². The van der Waals surface area contributed by atoms with E-state index in [0.717, 1.165) is 0 Å². The van der Waals surface area contributed by atoms with Crippen LogP contribution in [0.5, 0.6) is 0 Å². The maximum atomic E-state index is 12.8. The fourth-order valence-corrected chi connectivity index (χ4v) is 2.74. The average molecular weight is 464 g/mol. The van der Waals surface area contributed by atoms with Crippen molar-refractivity contribution in [3.8, 4) is 0 Å². The van der Waals surface area contributed by atoms with Gasteiger partial charge in [-0.25, -0.2) is 14.8 Å². The molecule has 9 N–H and O–H groups in total. The van der Waals surface area contributed by atoms with Crippen molar-refractivity contribution in [1.82, 2.24) is 35.9 Å². The van der Waals surface area contributed by atoms with Crippen LogP contribution in [-0.2, 0) is 36.8 Å². The zero-order chi connectivity index (χ0) is 24.4. The molecule has 3 amide bonds. The van der Waals surface area contributed by atoms with Crippen LogP contribution in [0, 0.1) is 0 Å². The number of carboxylic acid groups (broad SMARTS) is 2. The first-order valence-corrected chi connectivity index (χ1v) is 9.67. The van der Waals surface area contributed by atoms with Crippen molar-refractivity contribution in [1.29, 1.82) is 0 Å². The summed E-state index contributed by atoms with van der Waals surface area (Å²) in [6.45, 7) is -0.574. The quantitative estimate of drug-likeness (QED) is 0.148. The minimum atomic E-state index is -1.35. The monoisotopic (exact) mass is 464 g/mol. The summed E-state index contributed by atoms with van der Waals surface area (Å²) in [6, 6.07) is -3.85. The van der Waals surface area contributed by atoms with Gasteiger partial charge in [0, 0.05) is 36.6 Å². The number of carbonyl (C=O) groups is 5. The fourth-order valence-electron chi connectivity index (χ4n) is 2.74. The van der Waals surface area contributed by atoms with Gasteiger partial charge in [0.15, 0.2) is 0 Å². The van der Waals surface area contributed by atoms with Crippen LogP contribution in [0.3, 0.4) is 0 Å². The Labute approximate surface area is 186 Å². The molecule has 0 saturated carbocycles. The molecule has 0 spiro atoms. The van der Waals surface area contributed by atoms with Gasteiger partial charge in [-0.15, -0.1) is 0 Å². The van der Waals surface area contributed by atoms with Crippen molar-refractivity contribution in [3.05, 3.63) is 36.4 Å². The van der Waals surface area contributed by atoms with Gasteiger partial charge in [-0.1, -0.05) is 0 Å². The Hall–Kier alpha value is -4.27. The molecule has 3 atom stereocenters. The summed E-state index contributed by atoms with van der Waals surface area (Å²) in [4.78, 5) is 72.2. The number of rotatable bonds is 13. The third-order valence-electron chi connectivity index (χ3n) is 4.38. The Morgan fingerprint density at radius 2 is 1.48 bits per heavy atom. The second-order valence-electron chi connectivity index (χ2n) is 7.00. The molecule has 0 aromatic carbocycles. The van der Waals surface area contributed by atoms with Crippen molar-refractivity contribution in [3.63, 3.8) is 0 Å². The standard InChI is InChI=1S/C18H24N8O7/c19-11(3-15(28)29)16(30)22-6-14(27)25-12(1-9-4-20-7-23-9)17(31)26-13(18(32)33)2-10-5-21-8-24-10/h4-5,7-8,11-13H,1-3,6,19H2,(H,20,23)(H,21,24)(H,22,30)(H,25,27)(H,26,31)(H,28,29)(H,32,33). The third-order valence-corrected chi connectivity index (χ3v) is 4.38. The number of H-pyrrole nitrogens is 2. The summed E-state index contributed by atoms with van der Waals surface area (Å²) in [6.07, 6.45) is 4.86. The van der Waals surface area contributed by atoms with E-state index in [-0.39, 0.29) is 12.8 Å². The molecule has 2 rings (SSSR count). The summed E-state index contributed by atoms with van der Waals surface area (Å²) in [5.74, 6) is -4.97. The molecule has 0 fully saturated rings. The molecule has 0 aliphatic heterocycles. The average Bonchev–Trinajstić information content (AvgIpc) is 3.44. The Morgan fingerprint density at radius 3 is 1.97 bits per heavy atom. The highest BCUT2D eigenvalue weighted by atomic mass is 16.4. The molecule has 178 valence electrons. The van der Waals surface area contributed by atoms with E-state index in [9.17, 15) is 29.1 Å². The number of nitrogens with one attached hydrogen (secondary N) is 5. The number of imidazole rings is 2. The highest BCUT2D eigenvalue weighted by Gasteiger charge is 2.28. The number of carbonyl (C=O) groups excluding carboxylic acids is 3. The molecular weight excluding hydrogens is 440 g/mol. The first-order valence-electron chi connectivity index (χ1n) is 9.67. The first-order chi connectivity index (χ1) is 15.7. The number of hydrogen-bond donors (Lipinski definition) is 8. The smallest absolute Gasteiger partial charge is 0.326 e. The maximum absolute atomic E-state index is 12.8. The number of nitrogens with two attached hydrogens (primary N) is 1. The summed E-state index contributed by atoms with van der Waals surface area (Å²) >= 11 is 0. The second-order valence-corrected chi connectivity index (χ2v) is 7.00. The molecule has 0 aliphatic rings. The number of carboxylic acids is 2. The predicted octanol–water partition coefficient (Wildman–Crippen LogP) is -3.11. The Bertz CT molecular complexity index is 961. The molecule has 15 heteroatoms. The van der Waals surface area contributed by atoms with Gasteiger partial charge in [-0.3, -0.25) is 19.2 Å². The molecule has 0 bridgehead atoms. The van der Waals surface area contributed by atoms with Crippen LogP contribution in [0.15, 0.2) is 25.0 Å². The highest BCUT2D eigenvalue weighted by molar-refractivity contribution is 5.93. The zero-order valence-corrected chi connectivity index (χ0v) is 17.3. The molecule has 15 nitrogen and oxygen atoms in total. The second kappa shape index (κ2) is 11.9. The predicted molar refractivity (Wildman–Crippen MR) is 109 cm³/mol. The molecule has 0 radical (unpaired) electrons. The SMILES string of the molecule is NC(CC(=O)O)C(=O)NCC(=O)NC(Cc1cnc[nH]1)C(=O)NC(Cc1cnc[nH]1)C(=O)O. The number of hydrogen-bond acceptors (Lipinski definition) is 8. The van der Waals surface area contributed by atoms with Crippen LogP contribution in [-0.4, -0.2) is 84.5 Å².